The van der Waals surface area contributed by atoms with Crippen molar-refractivity contribution in [1.29, 1.82) is 0 Å². The molecule has 1 rings (SSSR count). The van der Waals surface area contributed by atoms with Gasteiger partial charge in [0.1, 0.15) is 6.04 Å². The molecule has 0 saturated heterocycles. The van der Waals surface area contributed by atoms with E-state index in [1.807, 2.05) is 6.92 Å². The van der Waals surface area contributed by atoms with E-state index in [9.17, 15) is 9.59 Å². The third-order valence-corrected chi connectivity index (χ3v) is 3.39. The van der Waals surface area contributed by atoms with E-state index in [2.05, 4.69) is 10.1 Å². The van der Waals surface area contributed by atoms with E-state index in [-0.39, 0.29) is 29.9 Å². The summed E-state index contributed by atoms with van der Waals surface area (Å²) in [7, 11) is 1.39. The summed E-state index contributed by atoms with van der Waals surface area (Å²) in [6.45, 7) is 4.06. The van der Waals surface area contributed by atoms with Crippen molar-refractivity contribution >= 4 is 11.9 Å². The van der Waals surface area contributed by atoms with Gasteiger partial charge in [0.25, 0.3) is 0 Å². The second-order valence-electron chi connectivity index (χ2n) is 4.71. The van der Waals surface area contributed by atoms with Gasteiger partial charge in [-0.25, -0.2) is 0 Å². The van der Waals surface area contributed by atoms with Gasteiger partial charge in [-0.15, -0.1) is 0 Å². The summed E-state index contributed by atoms with van der Waals surface area (Å²) in [5.74, 6) is -0.309. The van der Waals surface area contributed by atoms with Gasteiger partial charge in [-0.2, -0.15) is 0 Å². The van der Waals surface area contributed by atoms with E-state index in [0.29, 0.717) is 6.61 Å². The number of nitrogens with one attached hydrogen (secondary N) is 1. The Hall–Kier alpha value is -1.10. The average Bonchev–Trinajstić information content (AvgIpc) is 2.38. The summed E-state index contributed by atoms with van der Waals surface area (Å²) in [5.41, 5.74) is 0. The van der Waals surface area contributed by atoms with Gasteiger partial charge >= 0.3 is 11.9 Å². The molecule has 0 aromatic carbocycles. The number of esters is 2. The van der Waals surface area contributed by atoms with E-state index >= 15 is 0 Å². The van der Waals surface area contributed by atoms with Crippen molar-refractivity contribution in [3.63, 3.8) is 0 Å². The number of rotatable bonds is 5. The zero-order chi connectivity index (χ0) is 13.5. The molecule has 0 aromatic heterocycles. The van der Waals surface area contributed by atoms with Gasteiger partial charge < -0.3 is 14.8 Å². The molecule has 0 spiro atoms. The molecule has 0 bridgehead atoms. The van der Waals surface area contributed by atoms with Crippen molar-refractivity contribution in [1.82, 2.24) is 5.32 Å². The first-order valence-electron chi connectivity index (χ1n) is 6.59. The molecule has 1 unspecified atom stereocenters. The molecule has 1 N–H and O–H groups in total. The van der Waals surface area contributed by atoms with Crippen LogP contribution in [0.4, 0.5) is 0 Å². The van der Waals surface area contributed by atoms with Gasteiger partial charge in [0.05, 0.1) is 19.6 Å². The molecular formula is C13H23NO4. The zero-order valence-corrected chi connectivity index (χ0v) is 11.4. The number of hydrogen-bond donors (Lipinski definition) is 1. The standard InChI is InChI=1S/C13H23NO4/c1-4-18-13(16)10-5-7-11(8-6-10)14-9(2)12(15)17-3/h9-11,14H,4-8H2,1-3H3. The summed E-state index contributed by atoms with van der Waals surface area (Å²) >= 11 is 0. The molecule has 0 radical (unpaired) electrons. The second-order valence-corrected chi connectivity index (χ2v) is 4.71. The van der Waals surface area contributed by atoms with Crippen LogP contribution in [-0.2, 0) is 19.1 Å². The Morgan fingerprint density at radius 1 is 1.28 bits per heavy atom. The molecule has 18 heavy (non-hydrogen) atoms. The third kappa shape index (κ3) is 4.29. The van der Waals surface area contributed by atoms with Crippen LogP contribution in [0.25, 0.3) is 0 Å². The predicted molar refractivity (Wildman–Crippen MR) is 67.0 cm³/mol. The first-order chi connectivity index (χ1) is 8.58. The lowest BCUT2D eigenvalue weighted by atomic mass is 9.86. The van der Waals surface area contributed by atoms with E-state index in [4.69, 9.17) is 4.74 Å². The van der Waals surface area contributed by atoms with Crippen LogP contribution in [0.5, 0.6) is 0 Å². The normalized spacial score (nSPS) is 25.3. The lowest BCUT2D eigenvalue weighted by Crippen LogP contribution is -2.44. The number of carbonyl (C=O) groups is 2. The highest BCUT2D eigenvalue weighted by Crippen LogP contribution is 2.25. The van der Waals surface area contributed by atoms with Gasteiger partial charge in [-0.05, 0) is 39.5 Å². The predicted octanol–water partition coefficient (Wildman–Crippen LogP) is 1.26. The van der Waals surface area contributed by atoms with E-state index < -0.39 is 0 Å². The monoisotopic (exact) mass is 257 g/mol. The molecular weight excluding hydrogens is 234 g/mol. The van der Waals surface area contributed by atoms with Crippen molar-refractivity contribution in [2.75, 3.05) is 13.7 Å². The van der Waals surface area contributed by atoms with Crippen molar-refractivity contribution in [2.45, 2.75) is 51.6 Å². The molecule has 0 aromatic rings. The van der Waals surface area contributed by atoms with Crippen LogP contribution in [0.3, 0.4) is 0 Å². The molecule has 0 heterocycles. The lowest BCUT2D eigenvalue weighted by Gasteiger charge is -2.29. The summed E-state index contributed by atoms with van der Waals surface area (Å²) in [5, 5.41) is 3.23. The van der Waals surface area contributed by atoms with Crippen molar-refractivity contribution < 1.29 is 19.1 Å². The molecule has 0 amide bonds. The van der Waals surface area contributed by atoms with Crippen LogP contribution in [0.2, 0.25) is 0 Å². The number of hydrogen-bond acceptors (Lipinski definition) is 5. The Bertz CT molecular complexity index is 285. The highest BCUT2D eigenvalue weighted by molar-refractivity contribution is 5.75. The van der Waals surface area contributed by atoms with Crippen LogP contribution in [-0.4, -0.2) is 37.7 Å². The van der Waals surface area contributed by atoms with Crippen LogP contribution < -0.4 is 5.32 Å². The van der Waals surface area contributed by atoms with E-state index in [0.717, 1.165) is 25.7 Å². The molecule has 1 aliphatic rings. The minimum atomic E-state index is -0.292. The zero-order valence-electron chi connectivity index (χ0n) is 11.4. The maximum Gasteiger partial charge on any atom is 0.322 e. The van der Waals surface area contributed by atoms with Crippen molar-refractivity contribution in [3.8, 4) is 0 Å². The molecule has 1 aliphatic carbocycles. The van der Waals surface area contributed by atoms with Crippen LogP contribution >= 0.6 is 0 Å². The smallest absolute Gasteiger partial charge is 0.322 e. The Morgan fingerprint density at radius 3 is 2.39 bits per heavy atom. The Balaban J connectivity index is 2.31. The molecule has 5 heteroatoms. The topological polar surface area (TPSA) is 64.6 Å². The van der Waals surface area contributed by atoms with E-state index in [1.54, 1.807) is 6.92 Å². The quantitative estimate of drug-likeness (QED) is 0.751. The molecule has 1 fully saturated rings. The highest BCUT2D eigenvalue weighted by Gasteiger charge is 2.28. The van der Waals surface area contributed by atoms with Gasteiger partial charge in [0.2, 0.25) is 0 Å². The SMILES string of the molecule is CCOC(=O)C1CCC(NC(C)C(=O)OC)CC1. The number of carbonyl (C=O) groups excluding carboxylic acids is 2. The van der Waals surface area contributed by atoms with Crippen molar-refractivity contribution in [2.24, 2.45) is 5.92 Å². The maximum absolute atomic E-state index is 11.6. The summed E-state index contributed by atoms with van der Waals surface area (Å²) in [6.07, 6.45) is 3.43. The lowest BCUT2D eigenvalue weighted by molar-refractivity contribution is -0.149. The minimum absolute atomic E-state index is 0.0245. The van der Waals surface area contributed by atoms with Crippen LogP contribution in [0.1, 0.15) is 39.5 Å². The fourth-order valence-corrected chi connectivity index (χ4v) is 2.35. The van der Waals surface area contributed by atoms with Crippen molar-refractivity contribution in [3.05, 3.63) is 0 Å². The molecule has 0 aliphatic heterocycles. The fourth-order valence-electron chi connectivity index (χ4n) is 2.35. The third-order valence-electron chi connectivity index (χ3n) is 3.39. The maximum atomic E-state index is 11.6. The van der Waals surface area contributed by atoms with Gasteiger partial charge in [-0.3, -0.25) is 9.59 Å². The van der Waals surface area contributed by atoms with E-state index in [1.165, 1.54) is 7.11 Å². The van der Waals surface area contributed by atoms with Gasteiger partial charge in [-0.1, -0.05) is 0 Å². The summed E-state index contributed by atoms with van der Waals surface area (Å²) < 4.78 is 9.69. The fraction of sp³-hybridized carbons (Fsp3) is 0.846. The first-order valence-corrected chi connectivity index (χ1v) is 6.59. The molecule has 1 saturated carbocycles. The second kappa shape index (κ2) is 7.36. The Labute approximate surface area is 108 Å². The van der Waals surface area contributed by atoms with Crippen LogP contribution in [0, 0.1) is 5.92 Å². The Kier molecular flexibility index (Phi) is 6.12. The largest absolute Gasteiger partial charge is 0.468 e. The molecule has 104 valence electrons. The first kappa shape index (κ1) is 15.0. The van der Waals surface area contributed by atoms with Gasteiger partial charge in [0, 0.05) is 6.04 Å². The van der Waals surface area contributed by atoms with Crippen LogP contribution in [0.15, 0.2) is 0 Å². The molecule has 5 nitrogen and oxygen atoms in total. The molecule has 1 atom stereocenters. The number of ether oxygens (including phenoxy) is 2. The summed E-state index contributed by atoms with van der Waals surface area (Å²) in [4.78, 5) is 22.8. The average molecular weight is 257 g/mol. The Morgan fingerprint density at radius 2 is 1.89 bits per heavy atom. The minimum Gasteiger partial charge on any atom is -0.468 e. The number of methoxy groups -OCH3 is 1. The van der Waals surface area contributed by atoms with Gasteiger partial charge in [0.15, 0.2) is 0 Å². The summed E-state index contributed by atoms with van der Waals surface area (Å²) in [6, 6.07) is -0.0103. The highest BCUT2D eigenvalue weighted by atomic mass is 16.5.